The molecule has 0 rings (SSSR count). The van der Waals surface area contributed by atoms with Crippen molar-refractivity contribution in [2.24, 2.45) is 0 Å². The van der Waals surface area contributed by atoms with Crippen LogP contribution in [0.2, 0.25) is 0 Å². The summed E-state index contributed by atoms with van der Waals surface area (Å²) in [6, 6.07) is -1.52. The Kier molecular flexibility index (Phi) is 16.4. The van der Waals surface area contributed by atoms with Crippen molar-refractivity contribution in [2.75, 3.05) is 27.4 Å². The summed E-state index contributed by atoms with van der Waals surface area (Å²) in [7, 11) is 2.49. The minimum absolute atomic E-state index is 0.231. The van der Waals surface area contributed by atoms with Gasteiger partial charge in [-0.1, -0.05) is 11.8 Å². The van der Waals surface area contributed by atoms with Gasteiger partial charge in [-0.15, -0.1) is 0 Å². The third-order valence-corrected chi connectivity index (χ3v) is 3.88. The van der Waals surface area contributed by atoms with Crippen molar-refractivity contribution in [1.82, 2.24) is 10.6 Å². The van der Waals surface area contributed by atoms with Crippen molar-refractivity contribution in [3.63, 3.8) is 0 Å². The molecule has 0 saturated heterocycles. The first kappa shape index (κ1) is 28.6. The molecule has 0 aromatic carbocycles. The van der Waals surface area contributed by atoms with Gasteiger partial charge in [0.2, 0.25) is 0 Å². The van der Waals surface area contributed by atoms with Crippen LogP contribution in [0, 0.1) is 23.7 Å². The topological polar surface area (TPSA) is 129 Å². The molecule has 178 valence electrons. The number of hydrogen-bond acceptors (Lipinski definition) is 8. The van der Waals surface area contributed by atoms with Gasteiger partial charge in [-0.3, -0.25) is 0 Å². The number of amides is 2. The van der Waals surface area contributed by atoms with Crippen LogP contribution in [0.5, 0.6) is 0 Å². The largest absolute Gasteiger partial charge is 0.467 e. The van der Waals surface area contributed by atoms with Crippen LogP contribution in [0.4, 0.5) is 9.59 Å². The molecule has 0 saturated carbocycles. The first-order valence-electron chi connectivity index (χ1n) is 10.3. The Morgan fingerprint density at radius 2 is 1.06 bits per heavy atom. The number of carbonyl (C=O) groups excluding carboxylic acids is 4. The average Bonchev–Trinajstić information content (AvgIpc) is 2.77. The van der Waals surface area contributed by atoms with Crippen molar-refractivity contribution in [1.29, 1.82) is 0 Å². The number of alkyl carbamates (subject to hydrolysis) is 2. The number of rotatable bonds is 12. The third kappa shape index (κ3) is 15.4. The lowest BCUT2D eigenvalue weighted by molar-refractivity contribution is -0.143. The normalized spacial score (nSPS) is 11.2. The van der Waals surface area contributed by atoms with Crippen LogP contribution in [0.3, 0.4) is 0 Å². The highest BCUT2D eigenvalue weighted by Crippen LogP contribution is 1.97. The molecule has 0 bridgehead atoms. The van der Waals surface area contributed by atoms with Gasteiger partial charge in [-0.25, -0.2) is 19.2 Å². The van der Waals surface area contributed by atoms with E-state index >= 15 is 0 Å². The van der Waals surface area contributed by atoms with E-state index in [-0.39, 0.29) is 13.2 Å². The predicted octanol–water partition coefficient (Wildman–Crippen LogP) is 1.91. The van der Waals surface area contributed by atoms with Crippen LogP contribution in [0.15, 0.2) is 0 Å². The minimum atomic E-state index is -0.759. The van der Waals surface area contributed by atoms with Crippen molar-refractivity contribution in [2.45, 2.75) is 64.5 Å². The molecular weight excluding hydrogens is 420 g/mol. The van der Waals surface area contributed by atoms with Gasteiger partial charge in [0.1, 0.15) is 12.1 Å². The number of ether oxygens (including phenoxy) is 4. The van der Waals surface area contributed by atoms with Crippen LogP contribution in [0.25, 0.3) is 0 Å². The summed E-state index contributed by atoms with van der Waals surface area (Å²) in [6.45, 7) is 3.47. The van der Waals surface area contributed by atoms with Gasteiger partial charge in [-0.2, -0.15) is 0 Å². The lowest BCUT2D eigenvalue weighted by Crippen LogP contribution is -2.39. The van der Waals surface area contributed by atoms with Crippen LogP contribution < -0.4 is 10.6 Å². The molecule has 10 heteroatoms. The molecule has 0 fully saturated rings. The van der Waals surface area contributed by atoms with E-state index in [1.54, 1.807) is 0 Å². The van der Waals surface area contributed by atoms with Gasteiger partial charge >= 0.3 is 24.1 Å². The highest BCUT2D eigenvalue weighted by atomic mass is 16.6. The van der Waals surface area contributed by atoms with Crippen LogP contribution >= 0.6 is 0 Å². The first-order chi connectivity index (χ1) is 15.3. The number of methoxy groups -OCH3 is 2. The second-order valence-corrected chi connectivity index (χ2v) is 6.57. The lowest BCUT2D eigenvalue weighted by atomic mass is 10.2. The third-order valence-electron chi connectivity index (χ3n) is 3.88. The number of esters is 2. The maximum Gasteiger partial charge on any atom is 0.407 e. The molecule has 0 heterocycles. The number of nitrogens with one attached hydrogen (secondary N) is 2. The van der Waals surface area contributed by atoms with E-state index in [4.69, 9.17) is 9.47 Å². The van der Waals surface area contributed by atoms with Gasteiger partial charge < -0.3 is 29.6 Å². The standard InChI is InChI=1S/C22H32N2O8/c1-17(19(25)29-3)23-21(27)31-15-13-11-9-7-5-6-8-10-12-14-16-32-22(28)24-18(2)20(26)30-4/h17-18H,9-16H2,1-4H3,(H,23,27)(H,24,28)/t17-,18-/m0/s1. The Bertz CT molecular complexity index is 668. The molecule has 0 aromatic rings. The highest BCUT2D eigenvalue weighted by Gasteiger charge is 2.16. The molecule has 10 nitrogen and oxygen atoms in total. The van der Waals surface area contributed by atoms with E-state index in [1.807, 2.05) is 0 Å². The smallest absolute Gasteiger partial charge is 0.407 e. The number of hydrogen-bond donors (Lipinski definition) is 2. The summed E-state index contributed by atoms with van der Waals surface area (Å²) in [6.07, 6.45) is 2.73. The Morgan fingerprint density at radius 1 is 0.688 bits per heavy atom. The van der Waals surface area contributed by atoms with Crippen molar-refractivity contribution < 1.29 is 38.1 Å². The SMILES string of the molecule is COC(=O)[C@H](C)NC(=O)OCCCCC#CC#CCCCCOC(=O)N[C@@H](C)C(=O)OC. The molecule has 0 aliphatic heterocycles. The second-order valence-electron chi connectivity index (χ2n) is 6.57. The molecule has 2 amide bonds. The van der Waals surface area contributed by atoms with Gasteiger partial charge in [0.15, 0.2) is 0 Å². The van der Waals surface area contributed by atoms with E-state index in [1.165, 1.54) is 28.1 Å². The Labute approximate surface area is 189 Å². The minimum Gasteiger partial charge on any atom is -0.467 e. The molecule has 0 aliphatic carbocycles. The second kappa shape index (κ2) is 18.4. The average molecular weight is 453 g/mol. The van der Waals surface area contributed by atoms with Gasteiger partial charge in [0.05, 0.1) is 27.4 Å². The molecule has 2 atom stereocenters. The van der Waals surface area contributed by atoms with Crippen molar-refractivity contribution in [3.05, 3.63) is 0 Å². The maximum absolute atomic E-state index is 11.5. The molecule has 0 aliphatic rings. The van der Waals surface area contributed by atoms with Crippen molar-refractivity contribution >= 4 is 24.1 Å². The molecule has 32 heavy (non-hydrogen) atoms. The van der Waals surface area contributed by atoms with E-state index in [0.717, 1.165) is 12.8 Å². The fourth-order valence-corrected chi connectivity index (χ4v) is 2.08. The Balaban J connectivity index is 3.68. The van der Waals surface area contributed by atoms with Crippen LogP contribution in [-0.2, 0) is 28.5 Å². The van der Waals surface area contributed by atoms with E-state index < -0.39 is 36.2 Å². The summed E-state index contributed by atoms with van der Waals surface area (Å²) in [5.74, 6) is 10.3. The molecular formula is C22H32N2O8. The fourth-order valence-electron chi connectivity index (χ4n) is 2.08. The summed E-state index contributed by atoms with van der Waals surface area (Å²) in [4.78, 5) is 45.2. The zero-order chi connectivity index (χ0) is 24.2. The summed E-state index contributed by atoms with van der Waals surface area (Å²) >= 11 is 0. The molecule has 0 aromatic heterocycles. The maximum atomic E-state index is 11.5. The first-order valence-corrected chi connectivity index (χ1v) is 10.3. The molecule has 2 N–H and O–H groups in total. The molecule has 0 radical (unpaired) electrons. The summed E-state index contributed by atoms with van der Waals surface area (Å²) in [5.41, 5.74) is 0. The Morgan fingerprint density at radius 3 is 1.41 bits per heavy atom. The Hall–Kier alpha value is -3.40. The van der Waals surface area contributed by atoms with E-state index in [0.29, 0.717) is 25.7 Å². The summed E-state index contributed by atoms with van der Waals surface area (Å²) in [5, 5.41) is 4.73. The summed E-state index contributed by atoms with van der Waals surface area (Å²) < 4.78 is 18.9. The van der Waals surface area contributed by atoms with Crippen molar-refractivity contribution in [3.8, 4) is 23.7 Å². The van der Waals surface area contributed by atoms with Crippen LogP contribution in [-0.4, -0.2) is 63.6 Å². The highest BCUT2D eigenvalue weighted by molar-refractivity contribution is 5.81. The fraction of sp³-hybridized carbons (Fsp3) is 0.636. The van der Waals surface area contributed by atoms with Gasteiger partial charge in [0.25, 0.3) is 0 Å². The zero-order valence-electron chi connectivity index (χ0n) is 19.1. The monoisotopic (exact) mass is 452 g/mol. The quantitative estimate of drug-likeness (QED) is 0.199. The van der Waals surface area contributed by atoms with Crippen LogP contribution in [0.1, 0.15) is 52.4 Å². The number of carbonyl (C=O) groups is 4. The lowest BCUT2D eigenvalue weighted by Gasteiger charge is -2.11. The molecule has 0 unspecified atom stereocenters. The number of unbranched alkanes of at least 4 members (excludes halogenated alkanes) is 4. The zero-order valence-corrected chi connectivity index (χ0v) is 19.1. The predicted molar refractivity (Wildman–Crippen MR) is 115 cm³/mol. The van der Waals surface area contributed by atoms with E-state index in [9.17, 15) is 19.2 Å². The van der Waals surface area contributed by atoms with Gasteiger partial charge in [-0.05, 0) is 51.4 Å². The van der Waals surface area contributed by atoms with Gasteiger partial charge in [0, 0.05) is 12.8 Å². The molecule has 0 spiro atoms. The van der Waals surface area contributed by atoms with E-state index in [2.05, 4.69) is 43.8 Å².